The van der Waals surface area contributed by atoms with E-state index in [2.05, 4.69) is 12.1 Å². The van der Waals surface area contributed by atoms with Crippen LogP contribution in [0.2, 0.25) is 0 Å². The maximum Gasteiger partial charge on any atom is 0.290 e. The van der Waals surface area contributed by atoms with Crippen molar-refractivity contribution in [2.75, 3.05) is 19.7 Å². The second kappa shape index (κ2) is 8.58. The molecule has 0 aromatic heterocycles. The fraction of sp³-hybridized carbons (Fsp3) is 0.333. The number of morpholine rings is 1. The lowest BCUT2D eigenvalue weighted by Gasteiger charge is -2.32. The summed E-state index contributed by atoms with van der Waals surface area (Å²) >= 11 is 0. The highest BCUT2D eigenvalue weighted by molar-refractivity contribution is 6.36. The van der Waals surface area contributed by atoms with Gasteiger partial charge in [0, 0.05) is 25.9 Å². The van der Waals surface area contributed by atoms with E-state index in [0.29, 0.717) is 26.1 Å². The van der Waals surface area contributed by atoms with Gasteiger partial charge in [0.05, 0.1) is 12.7 Å². The number of nitrogens with zero attached hydrogens (tertiary/aromatic N) is 1. The van der Waals surface area contributed by atoms with Crippen LogP contribution in [-0.4, -0.2) is 42.4 Å². The Bertz CT molecular complexity index is 700. The highest BCUT2D eigenvalue weighted by Crippen LogP contribution is 2.13. The third-order valence-corrected chi connectivity index (χ3v) is 4.45. The molecule has 3 rings (SSSR count). The zero-order valence-corrected chi connectivity index (χ0v) is 14.3. The van der Waals surface area contributed by atoms with Crippen molar-refractivity contribution >= 4 is 11.7 Å². The summed E-state index contributed by atoms with van der Waals surface area (Å²) in [6.45, 7) is 1.45. The van der Waals surface area contributed by atoms with Crippen LogP contribution in [0.15, 0.2) is 60.7 Å². The minimum atomic E-state index is -0.378. The molecule has 0 bridgehead atoms. The topological polar surface area (TPSA) is 46.6 Å². The number of carbonyl (C=O) groups is 2. The molecule has 0 N–H and O–H groups in total. The molecule has 1 atom stereocenters. The molecule has 0 unspecified atom stereocenters. The van der Waals surface area contributed by atoms with Gasteiger partial charge in [-0.3, -0.25) is 9.59 Å². The molecule has 2 aromatic rings. The van der Waals surface area contributed by atoms with E-state index in [1.807, 2.05) is 48.5 Å². The third kappa shape index (κ3) is 5.00. The van der Waals surface area contributed by atoms with Gasteiger partial charge in [0.1, 0.15) is 0 Å². The predicted molar refractivity (Wildman–Crippen MR) is 96.2 cm³/mol. The SMILES string of the molecule is O=C(CCc1ccccc1)C(=O)N1CCO[C@@H](Cc2ccccc2)C1. The number of aryl methyl sites for hydroxylation is 1. The van der Waals surface area contributed by atoms with Crippen molar-refractivity contribution < 1.29 is 14.3 Å². The van der Waals surface area contributed by atoms with Crippen LogP contribution in [0.25, 0.3) is 0 Å². The molecule has 2 aromatic carbocycles. The maximum atomic E-state index is 12.4. The number of benzene rings is 2. The van der Waals surface area contributed by atoms with Gasteiger partial charge in [-0.25, -0.2) is 0 Å². The van der Waals surface area contributed by atoms with E-state index in [0.717, 1.165) is 12.0 Å². The number of ether oxygens (including phenoxy) is 1. The summed E-state index contributed by atoms with van der Waals surface area (Å²) in [6, 6.07) is 19.8. The molecule has 130 valence electrons. The quantitative estimate of drug-likeness (QED) is 0.762. The smallest absolute Gasteiger partial charge is 0.290 e. The van der Waals surface area contributed by atoms with Crippen LogP contribution in [0.1, 0.15) is 17.5 Å². The monoisotopic (exact) mass is 337 g/mol. The highest BCUT2D eigenvalue weighted by atomic mass is 16.5. The number of hydrogen-bond acceptors (Lipinski definition) is 3. The largest absolute Gasteiger partial charge is 0.374 e. The summed E-state index contributed by atoms with van der Waals surface area (Å²) in [7, 11) is 0. The van der Waals surface area contributed by atoms with E-state index >= 15 is 0 Å². The van der Waals surface area contributed by atoms with E-state index in [9.17, 15) is 9.59 Å². The number of carbonyl (C=O) groups excluding carboxylic acids is 2. The Morgan fingerprint density at radius 3 is 2.28 bits per heavy atom. The fourth-order valence-corrected chi connectivity index (χ4v) is 3.09. The summed E-state index contributed by atoms with van der Waals surface area (Å²) in [4.78, 5) is 26.3. The molecule has 1 fully saturated rings. The minimum absolute atomic E-state index is 0.0537. The summed E-state index contributed by atoms with van der Waals surface area (Å²) < 4.78 is 5.77. The van der Waals surface area contributed by atoms with Crippen molar-refractivity contribution in [1.82, 2.24) is 4.90 Å². The standard InChI is InChI=1S/C21H23NO3/c23-20(12-11-17-7-3-1-4-8-17)21(24)22-13-14-25-19(16-22)15-18-9-5-2-6-10-18/h1-10,19H,11-16H2/t19-/m0/s1. The molecule has 1 saturated heterocycles. The van der Waals surface area contributed by atoms with Crippen molar-refractivity contribution in [2.45, 2.75) is 25.4 Å². The Kier molecular flexibility index (Phi) is 5.96. The summed E-state index contributed by atoms with van der Waals surface area (Å²) in [6.07, 6.45) is 1.55. The van der Waals surface area contributed by atoms with Crippen LogP contribution in [0, 0.1) is 0 Å². The zero-order valence-electron chi connectivity index (χ0n) is 14.3. The first-order chi connectivity index (χ1) is 12.2. The molecule has 0 radical (unpaired) electrons. The van der Waals surface area contributed by atoms with E-state index in [1.165, 1.54) is 5.56 Å². The molecule has 1 aliphatic heterocycles. The number of ketones is 1. The molecule has 1 amide bonds. The molecular formula is C21H23NO3. The van der Waals surface area contributed by atoms with Crippen LogP contribution >= 0.6 is 0 Å². The minimum Gasteiger partial charge on any atom is -0.374 e. The number of hydrogen-bond donors (Lipinski definition) is 0. The molecule has 1 heterocycles. The first-order valence-corrected chi connectivity index (χ1v) is 8.74. The number of rotatable bonds is 6. The van der Waals surface area contributed by atoms with Crippen molar-refractivity contribution in [3.05, 3.63) is 71.8 Å². The van der Waals surface area contributed by atoms with Crippen molar-refractivity contribution in [2.24, 2.45) is 0 Å². The summed E-state index contributed by atoms with van der Waals surface area (Å²) in [5.41, 5.74) is 2.25. The van der Waals surface area contributed by atoms with Crippen LogP contribution in [0.4, 0.5) is 0 Å². The van der Waals surface area contributed by atoms with Crippen molar-refractivity contribution in [3.8, 4) is 0 Å². The fourth-order valence-electron chi connectivity index (χ4n) is 3.09. The van der Waals surface area contributed by atoms with Gasteiger partial charge in [-0.05, 0) is 17.5 Å². The lowest BCUT2D eigenvalue weighted by molar-refractivity contribution is -0.149. The molecule has 0 aliphatic carbocycles. The van der Waals surface area contributed by atoms with Gasteiger partial charge in [0.25, 0.3) is 5.91 Å². The lowest BCUT2D eigenvalue weighted by atomic mass is 10.1. The zero-order chi connectivity index (χ0) is 17.5. The molecule has 0 spiro atoms. The Labute approximate surface area is 148 Å². The molecule has 25 heavy (non-hydrogen) atoms. The van der Waals surface area contributed by atoms with Crippen LogP contribution in [0.5, 0.6) is 0 Å². The first kappa shape index (κ1) is 17.4. The average Bonchev–Trinajstić information content (AvgIpc) is 2.67. The second-order valence-corrected chi connectivity index (χ2v) is 6.34. The molecular weight excluding hydrogens is 314 g/mol. The van der Waals surface area contributed by atoms with E-state index in [4.69, 9.17) is 4.74 Å². The average molecular weight is 337 g/mol. The van der Waals surface area contributed by atoms with E-state index in [-0.39, 0.29) is 24.2 Å². The van der Waals surface area contributed by atoms with Crippen molar-refractivity contribution in [1.29, 1.82) is 0 Å². The molecule has 1 aliphatic rings. The van der Waals surface area contributed by atoms with Gasteiger partial charge in [0.2, 0.25) is 5.78 Å². The summed E-state index contributed by atoms with van der Waals surface area (Å²) in [5.74, 6) is -0.693. The highest BCUT2D eigenvalue weighted by Gasteiger charge is 2.28. The first-order valence-electron chi connectivity index (χ1n) is 8.74. The lowest BCUT2D eigenvalue weighted by Crippen LogP contribution is -2.48. The van der Waals surface area contributed by atoms with Crippen LogP contribution in [-0.2, 0) is 27.2 Å². The molecule has 0 saturated carbocycles. The Morgan fingerprint density at radius 1 is 0.960 bits per heavy atom. The van der Waals surface area contributed by atoms with Crippen molar-refractivity contribution in [3.63, 3.8) is 0 Å². The van der Waals surface area contributed by atoms with Gasteiger partial charge >= 0.3 is 0 Å². The van der Waals surface area contributed by atoms with Gasteiger partial charge in [-0.1, -0.05) is 60.7 Å². The van der Waals surface area contributed by atoms with Gasteiger partial charge in [-0.2, -0.15) is 0 Å². The van der Waals surface area contributed by atoms with Crippen LogP contribution in [0.3, 0.4) is 0 Å². The van der Waals surface area contributed by atoms with Crippen LogP contribution < -0.4 is 0 Å². The normalized spacial score (nSPS) is 17.3. The predicted octanol–water partition coefficient (Wildman–Crippen LogP) is 2.66. The molecule has 4 nitrogen and oxygen atoms in total. The van der Waals surface area contributed by atoms with Gasteiger partial charge in [-0.15, -0.1) is 0 Å². The van der Waals surface area contributed by atoms with E-state index in [1.54, 1.807) is 4.90 Å². The van der Waals surface area contributed by atoms with Gasteiger partial charge in [0.15, 0.2) is 0 Å². The Hall–Kier alpha value is -2.46. The maximum absolute atomic E-state index is 12.4. The number of Topliss-reactive ketones (excluding diaryl/α,β-unsaturated/α-hetero) is 1. The second-order valence-electron chi connectivity index (χ2n) is 6.34. The number of amides is 1. The third-order valence-electron chi connectivity index (χ3n) is 4.45. The summed E-state index contributed by atoms with van der Waals surface area (Å²) in [5, 5.41) is 0. The molecule has 4 heteroatoms. The Morgan fingerprint density at radius 2 is 1.60 bits per heavy atom. The van der Waals surface area contributed by atoms with E-state index < -0.39 is 0 Å². The van der Waals surface area contributed by atoms with Gasteiger partial charge < -0.3 is 9.64 Å². The Balaban J connectivity index is 1.51.